The second kappa shape index (κ2) is 4.14. The first-order chi connectivity index (χ1) is 7.14. The van der Waals surface area contributed by atoms with Gasteiger partial charge >= 0.3 is 12.4 Å². The highest BCUT2D eigenvalue weighted by molar-refractivity contribution is 5.34. The van der Waals surface area contributed by atoms with Crippen LogP contribution in [0, 0.1) is 5.92 Å². The Labute approximate surface area is 88.6 Å². The minimum Gasteiger partial charge on any atom is -0.166 e. The molecule has 1 aliphatic rings. The van der Waals surface area contributed by atoms with Gasteiger partial charge < -0.3 is 0 Å². The van der Waals surface area contributed by atoms with E-state index in [4.69, 9.17) is 0 Å². The van der Waals surface area contributed by atoms with E-state index in [1.54, 1.807) is 6.92 Å². The number of halogens is 6. The van der Waals surface area contributed by atoms with Crippen LogP contribution in [-0.4, -0.2) is 12.4 Å². The molecule has 16 heavy (non-hydrogen) atoms. The van der Waals surface area contributed by atoms with Crippen molar-refractivity contribution in [3.8, 4) is 0 Å². The van der Waals surface area contributed by atoms with E-state index in [2.05, 4.69) is 0 Å². The van der Waals surface area contributed by atoms with Gasteiger partial charge in [-0.15, -0.1) is 0 Å². The van der Waals surface area contributed by atoms with E-state index in [0.717, 1.165) is 6.08 Å². The topological polar surface area (TPSA) is 0 Å². The highest BCUT2D eigenvalue weighted by Gasteiger charge is 2.41. The first-order valence-corrected chi connectivity index (χ1v) is 4.71. The highest BCUT2D eigenvalue weighted by atomic mass is 19.4. The van der Waals surface area contributed by atoms with E-state index in [1.165, 1.54) is 0 Å². The van der Waals surface area contributed by atoms with E-state index in [1.807, 2.05) is 0 Å². The minimum absolute atomic E-state index is 0.201. The molecule has 0 nitrogen and oxygen atoms in total. The lowest BCUT2D eigenvalue weighted by Crippen LogP contribution is -2.22. The summed E-state index contributed by atoms with van der Waals surface area (Å²) in [7, 11) is 0. The molecule has 1 unspecified atom stereocenters. The van der Waals surface area contributed by atoms with Gasteiger partial charge in [0.15, 0.2) is 0 Å². The summed E-state index contributed by atoms with van der Waals surface area (Å²) in [5, 5.41) is 0. The predicted octanol–water partition coefficient (Wildman–Crippen LogP) is 4.39. The van der Waals surface area contributed by atoms with Crippen LogP contribution in [0.2, 0.25) is 0 Å². The van der Waals surface area contributed by atoms with E-state index in [9.17, 15) is 26.3 Å². The van der Waals surface area contributed by atoms with Crippen LogP contribution in [0.1, 0.15) is 19.8 Å². The lowest BCUT2D eigenvalue weighted by Gasteiger charge is -2.23. The Morgan fingerprint density at radius 3 is 2.06 bits per heavy atom. The normalized spacial score (nSPS) is 22.8. The monoisotopic (exact) mass is 244 g/mol. The molecule has 1 aliphatic carbocycles. The van der Waals surface area contributed by atoms with Gasteiger partial charge in [0.05, 0.1) is 5.57 Å². The Bertz CT molecular complexity index is 317. The lowest BCUT2D eigenvalue weighted by atomic mass is 9.88. The summed E-state index contributed by atoms with van der Waals surface area (Å²) in [6.07, 6.45) is -8.45. The number of hydrogen-bond donors (Lipinski definition) is 0. The first-order valence-electron chi connectivity index (χ1n) is 4.71. The number of rotatable bonds is 1. The molecule has 0 saturated heterocycles. The van der Waals surface area contributed by atoms with Gasteiger partial charge in [-0.3, -0.25) is 0 Å². The summed E-state index contributed by atoms with van der Waals surface area (Å²) < 4.78 is 74.0. The van der Waals surface area contributed by atoms with E-state index >= 15 is 0 Å². The zero-order chi connectivity index (χ0) is 12.6. The van der Waals surface area contributed by atoms with Gasteiger partial charge in [-0.05, 0) is 24.8 Å². The maximum atomic E-state index is 12.3. The van der Waals surface area contributed by atoms with Gasteiger partial charge in [0.25, 0.3) is 0 Å². The molecule has 0 heterocycles. The SMILES string of the molecule is CCC1C=C(C(F)(F)F)C=C(C(F)(F)F)C1. The highest BCUT2D eigenvalue weighted by Crippen LogP contribution is 2.40. The molecule has 0 N–H and O–H groups in total. The average Bonchev–Trinajstić information content (AvgIpc) is 2.14. The van der Waals surface area contributed by atoms with E-state index < -0.39 is 29.4 Å². The molecule has 0 aliphatic heterocycles. The lowest BCUT2D eigenvalue weighted by molar-refractivity contribution is -0.1000. The molecular weight excluding hydrogens is 234 g/mol. The summed E-state index contributed by atoms with van der Waals surface area (Å²) in [5.74, 6) is -0.696. The molecule has 92 valence electrons. The van der Waals surface area contributed by atoms with Crippen LogP contribution in [0.5, 0.6) is 0 Å². The molecule has 1 rings (SSSR count). The maximum absolute atomic E-state index is 12.3. The third kappa shape index (κ3) is 3.02. The van der Waals surface area contributed by atoms with Crippen LogP contribution < -0.4 is 0 Å². The molecule has 0 spiro atoms. The zero-order valence-electron chi connectivity index (χ0n) is 8.41. The summed E-state index contributed by atoms with van der Waals surface area (Å²) >= 11 is 0. The molecule has 1 atom stereocenters. The van der Waals surface area contributed by atoms with Gasteiger partial charge in [0.2, 0.25) is 0 Å². The number of allylic oxidation sites excluding steroid dienone is 4. The smallest absolute Gasteiger partial charge is 0.166 e. The molecule has 0 aromatic rings. The van der Waals surface area contributed by atoms with Crippen LogP contribution in [-0.2, 0) is 0 Å². The molecular formula is C10H10F6. The van der Waals surface area contributed by atoms with E-state index in [0.29, 0.717) is 0 Å². The Hall–Kier alpha value is -0.940. The predicted molar refractivity (Wildman–Crippen MR) is 46.7 cm³/mol. The largest absolute Gasteiger partial charge is 0.416 e. The molecule has 0 bridgehead atoms. The summed E-state index contributed by atoms with van der Waals surface area (Å²) in [6, 6.07) is 0. The van der Waals surface area contributed by atoms with Crippen molar-refractivity contribution in [3.63, 3.8) is 0 Å². The molecule has 0 aromatic carbocycles. The van der Waals surface area contributed by atoms with Crippen molar-refractivity contribution in [3.05, 3.63) is 23.3 Å². The van der Waals surface area contributed by atoms with Crippen LogP contribution in [0.4, 0.5) is 26.3 Å². The average molecular weight is 244 g/mol. The second-order valence-corrected chi connectivity index (χ2v) is 3.66. The van der Waals surface area contributed by atoms with Crippen molar-refractivity contribution < 1.29 is 26.3 Å². The molecule has 0 fully saturated rings. The Morgan fingerprint density at radius 2 is 1.69 bits per heavy atom. The third-order valence-corrected chi connectivity index (χ3v) is 2.44. The van der Waals surface area contributed by atoms with Crippen LogP contribution >= 0.6 is 0 Å². The van der Waals surface area contributed by atoms with Crippen LogP contribution in [0.3, 0.4) is 0 Å². The van der Waals surface area contributed by atoms with Crippen LogP contribution in [0.25, 0.3) is 0 Å². The summed E-state index contributed by atoms with van der Waals surface area (Å²) in [6.45, 7) is 1.56. The molecule has 0 saturated carbocycles. The zero-order valence-corrected chi connectivity index (χ0v) is 8.41. The molecule has 0 aromatic heterocycles. The Kier molecular flexibility index (Phi) is 3.40. The van der Waals surface area contributed by atoms with Crippen molar-refractivity contribution in [1.29, 1.82) is 0 Å². The molecule has 0 radical (unpaired) electrons. The molecule has 6 heteroatoms. The van der Waals surface area contributed by atoms with Crippen molar-refractivity contribution >= 4 is 0 Å². The van der Waals surface area contributed by atoms with Crippen molar-refractivity contribution in [2.24, 2.45) is 5.92 Å². The van der Waals surface area contributed by atoms with Crippen molar-refractivity contribution in [2.75, 3.05) is 0 Å². The standard InChI is InChI=1S/C10H10F6/c1-2-6-3-7(9(11,12)13)5-8(4-6)10(14,15)16/h3,5-6H,2,4H2,1H3. The number of alkyl halides is 6. The third-order valence-electron chi connectivity index (χ3n) is 2.44. The fourth-order valence-corrected chi connectivity index (χ4v) is 1.53. The number of hydrogen-bond acceptors (Lipinski definition) is 0. The Balaban J connectivity index is 3.08. The van der Waals surface area contributed by atoms with Crippen molar-refractivity contribution in [2.45, 2.75) is 32.1 Å². The van der Waals surface area contributed by atoms with Gasteiger partial charge in [-0.1, -0.05) is 13.0 Å². The summed E-state index contributed by atoms with van der Waals surface area (Å²) in [4.78, 5) is 0. The van der Waals surface area contributed by atoms with Crippen LogP contribution in [0.15, 0.2) is 23.3 Å². The summed E-state index contributed by atoms with van der Waals surface area (Å²) in [5.41, 5.74) is -2.30. The van der Waals surface area contributed by atoms with Gasteiger partial charge in [-0.25, -0.2) is 0 Å². The quantitative estimate of drug-likeness (QED) is 0.600. The van der Waals surface area contributed by atoms with Gasteiger partial charge in [-0.2, -0.15) is 26.3 Å². The van der Waals surface area contributed by atoms with Crippen molar-refractivity contribution in [1.82, 2.24) is 0 Å². The second-order valence-electron chi connectivity index (χ2n) is 3.66. The van der Waals surface area contributed by atoms with Gasteiger partial charge in [0.1, 0.15) is 0 Å². The Morgan fingerprint density at radius 1 is 1.12 bits per heavy atom. The molecule has 0 amide bonds. The first kappa shape index (κ1) is 13.1. The van der Waals surface area contributed by atoms with E-state index in [-0.39, 0.29) is 18.9 Å². The van der Waals surface area contributed by atoms with Gasteiger partial charge in [0, 0.05) is 5.57 Å². The fourth-order valence-electron chi connectivity index (χ4n) is 1.53. The fraction of sp³-hybridized carbons (Fsp3) is 0.600. The minimum atomic E-state index is -4.72. The maximum Gasteiger partial charge on any atom is 0.416 e.